The number of carbonyl (C=O) groups is 1. The zero-order chi connectivity index (χ0) is 14.2. The molecule has 1 aliphatic heterocycles. The minimum Gasteiger partial charge on any atom is -0.475 e. The Kier molecular flexibility index (Phi) is 5.35. The third-order valence-corrected chi connectivity index (χ3v) is 2.92. The molecule has 1 aromatic rings. The van der Waals surface area contributed by atoms with Crippen molar-refractivity contribution >= 4 is 17.9 Å². The lowest BCUT2D eigenvalue weighted by Crippen LogP contribution is -2.04. The fourth-order valence-corrected chi connectivity index (χ4v) is 1.86. The molecule has 0 amide bonds. The van der Waals surface area contributed by atoms with Gasteiger partial charge in [0.2, 0.25) is 5.90 Å². The van der Waals surface area contributed by atoms with Crippen LogP contribution in [0.4, 0.5) is 0 Å². The van der Waals surface area contributed by atoms with Crippen molar-refractivity contribution < 1.29 is 14.3 Å². The van der Waals surface area contributed by atoms with Gasteiger partial charge in [-0.15, -0.1) is 0 Å². The van der Waals surface area contributed by atoms with Crippen molar-refractivity contribution in [3.8, 4) is 0 Å². The molecule has 4 heteroatoms. The molecule has 2 rings (SSSR count). The highest BCUT2D eigenvalue weighted by Gasteiger charge is 2.12. The summed E-state index contributed by atoms with van der Waals surface area (Å²) in [6.07, 6.45) is 5.09. The first kappa shape index (κ1) is 14.3. The van der Waals surface area contributed by atoms with E-state index in [1.165, 1.54) is 6.08 Å². The lowest BCUT2D eigenvalue weighted by atomic mass is 10.1. The summed E-state index contributed by atoms with van der Waals surface area (Å²) in [5.41, 5.74) is 1.81. The Morgan fingerprint density at radius 2 is 2.30 bits per heavy atom. The Bertz CT molecular complexity index is 520. The van der Waals surface area contributed by atoms with Gasteiger partial charge < -0.3 is 9.47 Å². The number of benzene rings is 1. The van der Waals surface area contributed by atoms with Gasteiger partial charge in [-0.25, -0.2) is 9.79 Å². The van der Waals surface area contributed by atoms with Crippen LogP contribution < -0.4 is 0 Å². The molecule has 4 nitrogen and oxygen atoms in total. The maximum absolute atomic E-state index is 11.6. The third kappa shape index (κ3) is 3.95. The molecule has 0 aliphatic carbocycles. The molecule has 0 saturated carbocycles. The van der Waals surface area contributed by atoms with Crippen molar-refractivity contribution in [2.45, 2.75) is 19.8 Å². The van der Waals surface area contributed by atoms with E-state index in [1.54, 1.807) is 6.08 Å². The fraction of sp³-hybridized carbons (Fsp3) is 0.375. The van der Waals surface area contributed by atoms with Gasteiger partial charge in [-0.2, -0.15) is 0 Å². The zero-order valence-electron chi connectivity index (χ0n) is 11.7. The minimum atomic E-state index is -0.317. The van der Waals surface area contributed by atoms with Gasteiger partial charge in [0.15, 0.2) is 0 Å². The lowest BCUT2D eigenvalue weighted by Gasteiger charge is -2.05. The second-order valence-corrected chi connectivity index (χ2v) is 4.48. The topological polar surface area (TPSA) is 47.9 Å². The predicted molar refractivity (Wildman–Crippen MR) is 78.7 cm³/mol. The predicted octanol–water partition coefficient (Wildman–Crippen LogP) is 2.82. The average molecular weight is 273 g/mol. The summed E-state index contributed by atoms with van der Waals surface area (Å²) < 4.78 is 10.5. The number of rotatable bonds is 6. The Morgan fingerprint density at radius 1 is 1.45 bits per heavy atom. The third-order valence-electron chi connectivity index (χ3n) is 2.92. The van der Waals surface area contributed by atoms with Crippen LogP contribution in [0.5, 0.6) is 0 Å². The number of aliphatic imine (C=N–C) groups is 1. The fourth-order valence-electron chi connectivity index (χ4n) is 1.86. The van der Waals surface area contributed by atoms with Crippen LogP contribution in [0.25, 0.3) is 6.08 Å². The summed E-state index contributed by atoms with van der Waals surface area (Å²) in [5.74, 6) is 0.326. The monoisotopic (exact) mass is 273 g/mol. The molecule has 0 bridgehead atoms. The molecule has 1 aromatic carbocycles. The van der Waals surface area contributed by atoms with Crippen molar-refractivity contribution in [1.29, 1.82) is 0 Å². The largest absolute Gasteiger partial charge is 0.475 e. The van der Waals surface area contributed by atoms with Crippen LogP contribution >= 0.6 is 0 Å². The maximum atomic E-state index is 11.6. The number of hydrogen-bond acceptors (Lipinski definition) is 4. The molecule has 0 fully saturated rings. The van der Waals surface area contributed by atoms with E-state index in [4.69, 9.17) is 9.47 Å². The van der Waals surface area contributed by atoms with Crippen molar-refractivity contribution in [1.82, 2.24) is 0 Å². The first-order valence-electron chi connectivity index (χ1n) is 6.92. The van der Waals surface area contributed by atoms with Gasteiger partial charge in [0.1, 0.15) is 6.61 Å². The lowest BCUT2D eigenvalue weighted by molar-refractivity contribution is -0.137. The molecular weight excluding hydrogens is 254 g/mol. The molecule has 0 atom stereocenters. The first-order valence-corrected chi connectivity index (χ1v) is 6.92. The van der Waals surface area contributed by atoms with Gasteiger partial charge in [-0.05, 0) is 24.1 Å². The van der Waals surface area contributed by atoms with Gasteiger partial charge in [-0.1, -0.05) is 31.5 Å². The number of nitrogens with zero attached hydrogens (tertiary/aromatic N) is 1. The Hall–Kier alpha value is -2.10. The van der Waals surface area contributed by atoms with Crippen LogP contribution in [0.2, 0.25) is 0 Å². The number of hydrogen-bond donors (Lipinski definition) is 0. The minimum absolute atomic E-state index is 0.317. The standard InChI is InChI=1S/C16H19NO3/c1-2-3-11-19-15(18)9-8-13-6-4-5-7-14(13)16-17-10-12-20-16/h4-9H,2-3,10-12H2,1H3/b9-8+. The summed E-state index contributed by atoms with van der Waals surface area (Å²) in [6.45, 7) is 3.83. The molecule has 0 radical (unpaired) electrons. The maximum Gasteiger partial charge on any atom is 0.330 e. The summed E-state index contributed by atoms with van der Waals surface area (Å²) in [6, 6.07) is 7.71. The van der Waals surface area contributed by atoms with Gasteiger partial charge in [0, 0.05) is 11.6 Å². The zero-order valence-corrected chi connectivity index (χ0v) is 11.7. The Morgan fingerprint density at radius 3 is 3.05 bits per heavy atom. The van der Waals surface area contributed by atoms with Gasteiger partial charge >= 0.3 is 5.97 Å². The van der Waals surface area contributed by atoms with Crippen molar-refractivity contribution in [2.75, 3.05) is 19.8 Å². The molecule has 1 aliphatic rings. The van der Waals surface area contributed by atoms with Crippen molar-refractivity contribution in [3.63, 3.8) is 0 Å². The van der Waals surface area contributed by atoms with E-state index in [9.17, 15) is 4.79 Å². The SMILES string of the molecule is CCCCOC(=O)/C=C/c1ccccc1C1=NCCO1. The van der Waals surface area contributed by atoms with Crippen LogP contribution in [-0.4, -0.2) is 31.6 Å². The Labute approximate surface area is 119 Å². The average Bonchev–Trinajstić information content (AvgIpc) is 3.00. The quantitative estimate of drug-likeness (QED) is 0.455. The van der Waals surface area contributed by atoms with Gasteiger partial charge in [0.25, 0.3) is 0 Å². The van der Waals surface area contributed by atoms with E-state index in [2.05, 4.69) is 11.9 Å². The Balaban J connectivity index is 2.03. The molecule has 1 heterocycles. The molecule has 0 unspecified atom stereocenters. The van der Waals surface area contributed by atoms with Gasteiger partial charge in [0.05, 0.1) is 13.2 Å². The highest BCUT2D eigenvalue weighted by atomic mass is 16.5. The molecule has 106 valence electrons. The summed E-state index contributed by atoms with van der Waals surface area (Å²) in [7, 11) is 0. The number of unbranched alkanes of at least 4 members (excludes halogenated alkanes) is 1. The molecular formula is C16H19NO3. The van der Waals surface area contributed by atoms with Crippen LogP contribution in [0.3, 0.4) is 0 Å². The van der Waals surface area contributed by atoms with Crippen LogP contribution in [0.15, 0.2) is 35.3 Å². The number of esters is 1. The van der Waals surface area contributed by atoms with E-state index in [-0.39, 0.29) is 5.97 Å². The number of ether oxygens (including phenoxy) is 2. The van der Waals surface area contributed by atoms with Gasteiger partial charge in [-0.3, -0.25) is 0 Å². The highest BCUT2D eigenvalue weighted by molar-refractivity contribution is 5.99. The smallest absolute Gasteiger partial charge is 0.330 e. The molecule has 0 aromatic heterocycles. The summed E-state index contributed by atoms with van der Waals surface area (Å²) >= 11 is 0. The van der Waals surface area contributed by atoms with E-state index >= 15 is 0 Å². The second-order valence-electron chi connectivity index (χ2n) is 4.48. The normalized spacial score (nSPS) is 14.2. The molecule has 0 spiro atoms. The molecule has 0 N–H and O–H groups in total. The van der Waals surface area contributed by atoms with Crippen molar-refractivity contribution in [2.24, 2.45) is 4.99 Å². The van der Waals surface area contributed by atoms with E-state index in [0.717, 1.165) is 24.0 Å². The first-order chi connectivity index (χ1) is 9.81. The molecule has 0 saturated heterocycles. The van der Waals surface area contributed by atoms with E-state index < -0.39 is 0 Å². The number of carbonyl (C=O) groups excluding carboxylic acids is 1. The van der Waals surface area contributed by atoms with E-state index in [0.29, 0.717) is 25.7 Å². The van der Waals surface area contributed by atoms with Crippen LogP contribution in [0.1, 0.15) is 30.9 Å². The van der Waals surface area contributed by atoms with Crippen molar-refractivity contribution in [3.05, 3.63) is 41.5 Å². The molecule has 20 heavy (non-hydrogen) atoms. The van der Waals surface area contributed by atoms with E-state index in [1.807, 2.05) is 24.3 Å². The summed E-state index contributed by atoms with van der Waals surface area (Å²) in [5, 5.41) is 0. The van der Waals surface area contributed by atoms with Crippen LogP contribution in [-0.2, 0) is 14.3 Å². The highest BCUT2D eigenvalue weighted by Crippen LogP contribution is 2.15. The second kappa shape index (κ2) is 7.48. The van der Waals surface area contributed by atoms with Crippen LogP contribution in [0, 0.1) is 0 Å². The summed E-state index contributed by atoms with van der Waals surface area (Å²) in [4.78, 5) is 15.9.